The van der Waals surface area contributed by atoms with E-state index in [1.807, 2.05) is 25.1 Å². The lowest BCUT2D eigenvalue weighted by Crippen LogP contribution is -2.09. The number of ether oxygens (including phenoxy) is 1. The largest absolute Gasteiger partial charge is 0.496 e. The van der Waals surface area contributed by atoms with Crippen molar-refractivity contribution in [3.8, 4) is 11.8 Å². The summed E-state index contributed by atoms with van der Waals surface area (Å²) in [5.41, 5.74) is 7.82. The van der Waals surface area contributed by atoms with E-state index in [1.165, 1.54) is 0 Å². The quantitative estimate of drug-likeness (QED) is 0.861. The van der Waals surface area contributed by atoms with Gasteiger partial charge in [0.15, 0.2) is 0 Å². The Hall–Kier alpha value is -1.24. The smallest absolute Gasteiger partial charge is 0.121 e. The maximum absolute atomic E-state index is 8.51. The SMILES string of the molecule is COc1ccc([C@@H](N)CC#N)cc1C.Cl. The number of rotatable bonds is 3. The molecular formula is C11H15ClN2O. The number of nitrogens with two attached hydrogens (primary N) is 1. The normalized spacial score (nSPS) is 11.1. The van der Waals surface area contributed by atoms with Gasteiger partial charge in [-0.25, -0.2) is 0 Å². The number of aryl methyl sites for hydroxylation is 1. The molecule has 2 N–H and O–H groups in total. The fraction of sp³-hybridized carbons (Fsp3) is 0.364. The van der Waals surface area contributed by atoms with E-state index >= 15 is 0 Å². The molecular weight excluding hydrogens is 212 g/mol. The van der Waals surface area contributed by atoms with Crippen LogP contribution in [-0.2, 0) is 0 Å². The van der Waals surface area contributed by atoms with Crippen molar-refractivity contribution >= 4 is 12.4 Å². The molecule has 1 aromatic carbocycles. The predicted molar refractivity (Wildman–Crippen MR) is 62.1 cm³/mol. The highest BCUT2D eigenvalue weighted by molar-refractivity contribution is 5.85. The van der Waals surface area contributed by atoms with Crippen LogP contribution >= 0.6 is 12.4 Å². The Kier molecular flexibility index (Phi) is 5.76. The zero-order valence-electron chi connectivity index (χ0n) is 8.86. The van der Waals surface area contributed by atoms with Gasteiger partial charge in [0.25, 0.3) is 0 Å². The van der Waals surface area contributed by atoms with Crippen molar-refractivity contribution in [1.29, 1.82) is 5.26 Å². The molecule has 0 fully saturated rings. The molecule has 0 saturated heterocycles. The summed E-state index contributed by atoms with van der Waals surface area (Å²) in [7, 11) is 1.64. The van der Waals surface area contributed by atoms with Gasteiger partial charge in [-0.2, -0.15) is 5.26 Å². The fourth-order valence-electron chi connectivity index (χ4n) is 1.35. The Balaban J connectivity index is 0.00000196. The van der Waals surface area contributed by atoms with Gasteiger partial charge in [0.2, 0.25) is 0 Å². The minimum absolute atomic E-state index is 0. The molecule has 0 aliphatic rings. The second-order valence-corrected chi connectivity index (χ2v) is 3.20. The molecule has 0 aliphatic heterocycles. The second kappa shape index (κ2) is 6.28. The first-order valence-corrected chi connectivity index (χ1v) is 4.46. The molecule has 1 aromatic rings. The minimum atomic E-state index is -0.204. The Labute approximate surface area is 96.3 Å². The van der Waals surface area contributed by atoms with Crippen LogP contribution in [0.4, 0.5) is 0 Å². The van der Waals surface area contributed by atoms with Gasteiger partial charge < -0.3 is 10.5 Å². The molecule has 82 valence electrons. The molecule has 0 saturated carbocycles. The molecule has 0 heterocycles. The summed E-state index contributed by atoms with van der Waals surface area (Å²) in [6.07, 6.45) is 0.339. The molecule has 1 rings (SSSR count). The minimum Gasteiger partial charge on any atom is -0.496 e. The number of hydrogen-bond acceptors (Lipinski definition) is 3. The van der Waals surface area contributed by atoms with E-state index in [4.69, 9.17) is 15.7 Å². The molecule has 0 unspecified atom stereocenters. The number of methoxy groups -OCH3 is 1. The van der Waals surface area contributed by atoms with E-state index in [1.54, 1.807) is 7.11 Å². The van der Waals surface area contributed by atoms with Gasteiger partial charge in [-0.05, 0) is 24.1 Å². The Morgan fingerprint density at radius 2 is 2.20 bits per heavy atom. The van der Waals surface area contributed by atoms with Gasteiger partial charge in [-0.1, -0.05) is 12.1 Å². The van der Waals surface area contributed by atoms with Crippen LogP contribution in [0.3, 0.4) is 0 Å². The van der Waals surface area contributed by atoms with Crippen molar-refractivity contribution in [1.82, 2.24) is 0 Å². The lowest BCUT2D eigenvalue weighted by molar-refractivity contribution is 0.411. The van der Waals surface area contributed by atoms with Crippen molar-refractivity contribution in [3.05, 3.63) is 29.3 Å². The van der Waals surface area contributed by atoms with Gasteiger partial charge in [-0.3, -0.25) is 0 Å². The van der Waals surface area contributed by atoms with E-state index in [0.717, 1.165) is 16.9 Å². The maximum Gasteiger partial charge on any atom is 0.121 e. The first-order chi connectivity index (χ1) is 6.69. The zero-order valence-corrected chi connectivity index (χ0v) is 9.67. The van der Waals surface area contributed by atoms with Gasteiger partial charge in [0, 0.05) is 6.04 Å². The van der Waals surface area contributed by atoms with Crippen LogP contribution in [-0.4, -0.2) is 7.11 Å². The van der Waals surface area contributed by atoms with Crippen LogP contribution in [0.15, 0.2) is 18.2 Å². The summed E-state index contributed by atoms with van der Waals surface area (Å²) in [4.78, 5) is 0. The van der Waals surface area contributed by atoms with Gasteiger partial charge in [-0.15, -0.1) is 12.4 Å². The third kappa shape index (κ3) is 3.43. The van der Waals surface area contributed by atoms with E-state index < -0.39 is 0 Å². The van der Waals surface area contributed by atoms with Crippen LogP contribution in [0.5, 0.6) is 5.75 Å². The Bertz CT molecular complexity index is 360. The van der Waals surface area contributed by atoms with Crippen LogP contribution in [0.25, 0.3) is 0 Å². The third-order valence-electron chi connectivity index (χ3n) is 2.16. The van der Waals surface area contributed by atoms with Crippen LogP contribution in [0.1, 0.15) is 23.6 Å². The number of benzene rings is 1. The van der Waals surface area contributed by atoms with E-state index in [9.17, 15) is 0 Å². The van der Waals surface area contributed by atoms with Crippen molar-refractivity contribution in [2.24, 2.45) is 5.73 Å². The van der Waals surface area contributed by atoms with Gasteiger partial charge >= 0.3 is 0 Å². The fourth-order valence-corrected chi connectivity index (χ4v) is 1.35. The predicted octanol–water partition coefficient (Wildman–Crippen LogP) is 2.34. The summed E-state index contributed by atoms with van der Waals surface area (Å²) in [6, 6.07) is 7.59. The van der Waals surface area contributed by atoms with E-state index in [-0.39, 0.29) is 18.4 Å². The molecule has 1 atom stereocenters. The van der Waals surface area contributed by atoms with Crippen LogP contribution in [0, 0.1) is 18.3 Å². The molecule has 0 aliphatic carbocycles. The average molecular weight is 227 g/mol. The topological polar surface area (TPSA) is 59.0 Å². The van der Waals surface area contributed by atoms with Gasteiger partial charge in [0.05, 0.1) is 19.6 Å². The van der Waals surface area contributed by atoms with Crippen molar-refractivity contribution in [2.75, 3.05) is 7.11 Å². The van der Waals surface area contributed by atoms with Crippen molar-refractivity contribution in [3.63, 3.8) is 0 Å². The number of nitrogens with zero attached hydrogens (tertiary/aromatic N) is 1. The Morgan fingerprint density at radius 1 is 1.53 bits per heavy atom. The molecule has 0 spiro atoms. The lowest BCUT2D eigenvalue weighted by Gasteiger charge is -2.11. The first kappa shape index (κ1) is 13.8. The number of hydrogen-bond donors (Lipinski definition) is 1. The maximum atomic E-state index is 8.51. The average Bonchev–Trinajstić information content (AvgIpc) is 2.18. The summed E-state index contributed by atoms with van der Waals surface area (Å²) in [6.45, 7) is 1.96. The summed E-state index contributed by atoms with van der Waals surface area (Å²) in [5, 5.41) is 8.51. The summed E-state index contributed by atoms with van der Waals surface area (Å²) >= 11 is 0. The highest BCUT2D eigenvalue weighted by atomic mass is 35.5. The molecule has 0 bridgehead atoms. The molecule has 4 heteroatoms. The summed E-state index contributed by atoms with van der Waals surface area (Å²) < 4.78 is 5.13. The molecule has 0 radical (unpaired) electrons. The zero-order chi connectivity index (χ0) is 10.6. The standard InChI is InChI=1S/C11H14N2O.ClH/c1-8-7-9(10(13)5-6-12)3-4-11(8)14-2;/h3-4,7,10H,5,13H2,1-2H3;1H/t10-;/m0./s1. The highest BCUT2D eigenvalue weighted by Crippen LogP contribution is 2.22. The highest BCUT2D eigenvalue weighted by Gasteiger charge is 2.07. The molecule has 0 amide bonds. The second-order valence-electron chi connectivity index (χ2n) is 3.20. The van der Waals surface area contributed by atoms with Crippen LogP contribution < -0.4 is 10.5 Å². The van der Waals surface area contributed by atoms with E-state index in [2.05, 4.69) is 6.07 Å². The molecule has 3 nitrogen and oxygen atoms in total. The van der Waals surface area contributed by atoms with Crippen molar-refractivity contribution < 1.29 is 4.74 Å². The summed E-state index contributed by atoms with van der Waals surface area (Å²) in [5.74, 6) is 0.845. The van der Waals surface area contributed by atoms with Crippen molar-refractivity contribution in [2.45, 2.75) is 19.4 Å². The Morgan fingerprint density at radius 3 is 2.67 bits per heavy atom. The number of nitriles is 1. The van der Waals surface area contributed by atoms with Gasteiger partial charge in [0.1, 0.15) is 5.75 Å². The first-order valence-electron chi connectivity index (χ1n) is 4.46. The molecule has 0 aromatic heterocycles. The molecule has 15 heavy (non-hydrogen) atoms. The number of halogens is 1. The van der Waals surface area contributed by atoms with Crippen LogP contribution in [0.2, 0.25) is 0 Å². The lowest BCUT2D eigenvalue weighted by atomic mass is 10.0. The third-order valence-corrected chi connectivity index (χ3v) is 2.16. The van der Waals surface area contributed by atoms with E-state index in [0.29, 0.717) is 6.42 Å². The monoisotopic (exact) mass is 226 g/mol.